The van der Waals surface area contributed by atoms with Gasteiger partial charge in [0.25, 0.3) is 0 Å². The van der Waals surface area contributed by atoms with Crippen molar-refractivity contribution in [2.24, 2.45) is 5.41 Å². The Kier molecular flexibility index (Phi) is 9.42. The summed E-state index contributed by atoms with van der Waals surface area (Å²) in [6.45, 7) is 4.76. The first-order valence-corrected chi connectivity index (χ1v) is 20.5. The van der Waals surface area contributed by atoms with Crippen molar-refractivity contribution in [3.05, 3.63) is 137 Å². The highest BCUT2D eigenvalue weighted by molar-refractivity contribution is 6.11. The van der Waals surface area contributed by atoms with Crippen LogP contribution in [0.3, 0.4) is 0 Å². The van der Waals surface area contributed by atoms with Gasteiger partial charge >= 0.3 is 0 Å². The van der Waals surface area contributed by atoms with Gasteiger partial charge in [0.2, 0.25) is 0 Å². The summed E-state index contributed by atoms with van der Waals surface area (Å²) in [5.74, 6) is 4.59. The van der Waals surface area contributed by atoms with Crippen LogP contribution in [0.2, 0.25) is 0 Å². The number of fused-ring (bicyclic) bond motifs is 10. The molecule has 58 heavy (non-hydrogen) atoms. The first-order valence-electron chi connectivity index (χ1n) is 20.5. The van der Waals surface area contributed by atoms with E-state index in [-0.39, 0.29) is 5.41 Å². The van der Waals surface area contributed by atoms with E-state index in [1.54, 1.807) is 35.5 Å². The summed E-state index contributed by atoms with van der Waals surface area (Å²) >= 11 is 0. The molecular formula is C52H52O6. The van der Waals surface area contributed by atoms with Crippen LogP contribution < -0.4 is 28.4 Å². The lowest BCUT2D eigenvalue weighted by atomic mass is 9.58. The first kappa shape index (κ1) is 37.7. The average molecular weight is 773 g/mol. The molecule has 6 aromatic rings. The molecule has 0 saturated heterocycles. The lowest BCUT2D eigenvalue weighted by Crippen LogP contribution is -2.38. The quantitative estimate of drug-likeness (QED) is 0.138. The van der Waals surface area contributed by atoms with Crippen molar-refractivity contribution in [3.8, 4) is 56.8 Å². The molecule has 0 atom stereocenters. The van der Waals surface area contributed by atoms with E-state index in [4.69, 9.17) is 28.4 Å². The fraction of sp³-hybridized carbons (Fsp3) is 0.308. The molecule has 0 radical (unpaired) electrons. The molecule has 1 aliphatic heterocycles. The summed E-state index contributed by atoms with van der Waals surface area (Å²) in [7, 11) is 8.50. The molecule has 1 heterocycles. The van der Waals surface area contributed by atoms with E-state index in [1.165, 1.54) is 47.9 Å². The molecule has 0 aromatic heterocycles. The van der Waals surface area contributed by atoms with E-state index >= 15 is 0 Å². The Morgan fingerprint density at radius 1 is 0.552 bits per heavy atom. The van der Waals surface area contributed by atoms with Crippen LogP contribution in [0.25, 0.3) is 39.1 Å². The highest BCUT2D eigenvalue weighted by atomic mass is 16.5. The molecular weight excluding hydrogens is 721 g/mol. The van der Waals surface area contributed by atoms with Gasteiger partial charge < -0.3 is 28.4 Å². The van der Waals surface area contributed by atoms with Gasteiger partial charge in [0.1, 0.15) is 34.5 Å². The predicted octanol–water partition coefficient (Wildman–Crippen LogP) is 12.5. The third-order valence-corrected chi connectivity index (χ3v) is 14.0. The number of ether oxygens (including phenoxy) is 6. The van der Waals surface area contributed by atoms with Crippen molar-refractivity contribution in [1.29, 1.82) is 0 Å². The van der Waals surface area contributed by atoms with Gasteiger partial charge in [-0.15, -0.1) is 0 Å². The first-order chi connectivity index (χ1) is 28.3. The Labute approximate surface area is 342 Å². The monoisotopic (exact) mass is 772 g/mol. The second-order valence-electron chi connectivity index (χ2n) is 16.1. The van der Waals surface area contributed by atoms with Crippen LogP contribution in [0.5, 0.6) is 34.5 Å². The van der Waals surface area contributed by atoms with Gasteiger partial charge in [-0.1, -0.05) is 81.3 Å². The van der Waals surface area contributed by atoms with Crippen LogP contribution in [0, 0.1) is 5.41 Å². The van der Waals surface area contributed by atoms with Gasteiger partial charge in [-0.3, -0.25) is 0 Å². The van der Waals surface area contributed by atoms with Gasteiger partial charge in [-0.25, -0.2) is 0 Å². The van der Waals surface area contributed by atoms with Crippen molar-refractivity contribution >= 4 is 16.8 Å². The molecule has 3 aliphatic rings. The van der Waals surface area contributed by atoms with Crippen molar-refractivity contribution in [1.82, 2.24) is 0 Å². The second-order valence-corrected chi connectivity index (χ2v) is 16.1. The molecule has 0 amide bonds. The molecule has 9 rings (SSSR count). The molecule has 1 saturated carbocycles. The van der Waals surface area contributed by atoms with Crippen LogP contribution in [0.4, 0.5) is 0 Å². The SMILES string of the molecule is CCC1(CC)CCC2(CC1)c1ccccc1-c1c2c2c(c3cc(OC)c(-c4ccc(OC)cc4OC)cc13)OC(c1ccc(OC)cc1)(c1ccc(OC)cc1)C=C2. The lowest BCUT2D eigenvalue weighted by Gasteiger charge is -2.47. The number of hydrogen-bond acceptors (Lipinski definition) is 6. The van der Waals surface area contributed by atoms with E-state index in [2.05, 4.69) is 92.7 Å². The number of hydrogen-bond donors (Lipinski definition) is 0. The van der Waals surface area contributed by atoms with Crippen LogP contribution >= 0.6 is 0 Å². The molecule has 0 N–H and O–H groups in total. The van der Waals surface area contributed by atoms with Crippen LogP contribution in [-0.2, 0) is 11.0 Å². The number of benzene rings is 6. The Hall–Kier alpha value is -5.88. The highest BCUT2D eigenvalue weighted by Gasteiger charge is 2.51. The van der Waals surface area contributed by atoms with Gasteiger partial charge in [0.15, 0.2) is 5.60 Å². The number of methoxy groups -OCH3 is 5. The van der Waals surface area contributed by atoms with E-state index in [1.807, 2.05) is 36.4 Å². The highest BCUT2D eigenvalue weighted by Crippen LogP contribution is 2.65. The molecule has 6 aromatic carbocycles. The van der Waals surface area contributed by atoms with Gasteiger partial charge in [0, 0.05) is 44.7 Å². The standard InChI is InChI=1S/C52H52O6/c1-8-50(9-2)26-28-51(29-27-50)44-13-11-10-12-39(44)47-42-31-41(38-23-22-37(55-5)30-45(38)56-6)46(57-7)32-43(42)49-40(48(47)51)24-25-52(58-49,33-14-18-35(53-3)19-15-33)34-16-20-36(54-4)21-17-34/h10-25,30-32H,8-9,26-29H2,1-7H3. The molecule has 6 heteroatoms. The van der Waals surface area contributed by atoms with E-state index in [0.717, 1.165) is 80.2 Å². The summed E-state index contributed by atoms with van der Waals surface area (Å²) in [4.78, 5) is 0. The third-order valence-electron chi connectivity index (χ3n) is 14.0. The fourth-order valence-electron chi connectivity index (χ4n) is 10.4. The number of rotatable bonds is 10. The Morgan fingerprint density at radius 3 is 1.72 bits per heavy atom. The van der Waals surface area contributed by atoms with E-state index in [0.29, 0.717) is 11.2 Å². The minimum Gasteiger partial charge on any atom is -0.497 e. The zero-order chi connectivity index (χ0) is 40.2. The molecule has 2 aliphatic carbocycles. The maximum absolute atomic E-state index is 7.75. The molecule has 6 nitrogen and oxygen atoms in total. The lowest BCUT2D eigenvalue weighted by molar-refractivity contribution is 0.132. The smallest absolute Gasteiger partial charge is 0.178 e. The second kappa shape index (κ2) is 14.5. The van der Waals surface area contributed by atoms with Crippen molar-refractivity contribution < 1.29 is 28.4 Å². The zero-order valence-corrected chi connectivity index (χ0v) is 34.7. The van der Waals surface area contributed by atoms with Gasteiger partial charge in [0.05, 0.1) is 35.5 Å². The van der Waals surface area contributed by atoms with E-state index in [9.17, 15) is 0 Å². The molecule has 0 unspecified atom stereocenters. The maximum Gasteiger partial charge on any atom is 0.178 e. The largest absolute Gasteiger partial charge is 0.497 e. The van der Waals surface area contributed by atoms with Crippen LogP contribution in [-0.4, -0.2) is 35.5 Å². The van der Waals surface area contributed by atoms with Crippen molar-refractivity contribution in [2.45, 2.75) is 63.4 Å². The topological polar surface area (TPSA) is 55.4 Å². The summed E-state index contributed by atoms with van der Waals surface area (Å²) in [5.41, 5.74) is 9.64. The van der Waals surface area contributed by atoms with Crippen molar-refractivity contribution in [2.75, 3.05) is 35.5 Å². The van der Waals surface area contributed by atoms with E-state index < -0.39 is 5.60 Å². The normalized spacial score (nSPS) is 16.5. The molecule has 0 bridgehead atoms. The Morgan fingerprint density at radius 2 is 1.14 bits per heavy atom. The maximum atomic E-state index is 7.75. The van der Waals surface area contributed by atoms with Gasteiger partial charge in [-0.2, -0.15) is 0 Å². The third kappa shape index (κ3) is 5.59. The summed E-state index contributed by atoms with van der Waals surface area (Å²) in [5, 5.41) is 2.12. The van der Waals surface area contributed by atoms with Crippen molar-refractivity contribution in [3.63, 3.8) is 0 Å². The minimum absolute atomic E-state index is 0.163. The Balaban J connectivity index is 1.38. The average Bonchev–Trinajstić information content (AvgIpc) is 3.58. The molecule has 1 spiro atoms. The summed E-state index contributed by atoms with van der Waals surface area (Å²) < 4.78 is 36.9. The van der Waals surface area contributed by atoms with Crippen LogP contribution in [0.15, 0.2) is 109 Å². The van der Waals surface area contributed by atoms with Gasteiger partial charge in [-0.05, 0) is 113 Å². The summed E-state index contributed by atoms with van der Waals surface area (Å²) in [6.07, 6.45) is 11.6. The molecule has 1 fully saturated rings. The predicted molar refractivity (Wildman–Crippen MR) is 233 cm³/mol. The zero-order valence-electron chi connectivity index (χ0n) is 34.7. The van der Waals surface area contributed by atoms with Crippen LogP contribution in [0.1, 0.15) is 80.2 Å². The Bertz CT molecular complexity index is 2490. The summed E-state index contributed by atoms with van der Waals surface area (Å²) in [6, 6.07) is 36.1. The fourth-order valence-corrected chi connectivity index (χ4v) is 10.4. The molecule has 296 valence electrons. The minimum atomic E-state index is -0.956.